The molecule has 0 atom stereocenters. The first-order valence-corrected chi connectivity index (χ1v) is 5.16. The molecular formula is C14H34. The molecule has 90 valence electrons. The zero-order valence-electron chi connectivity index (χ0n) is 10.7. The van der Waals surface area contributed by atoms with Gasteiger partial charge in [0.2, 0.25) is 0 Å². The van der Waals surface area contributed by atoms with Gasteiger partial charge in [-0.1, -0.05) is 68.2 Å². The summed E-state index contributed by atoms with van der Waals surface area (Å²) in [6, 6.07) is 0. The second-order valence-corrected chi connectivity index (χ2v) is 1.71. The Kier molecular flexibility index (Phi) is 801. The Morgan fingerprint density at radius 1 is 0.786 bits per heavy atom. The Morgan fingerprint density at radius 3 is 0.857 bits per heavy atom. The maximum absolute atomic E-state index is 4.00. The molecular weight excluding hydrogens is 168 g/mol. The van der Waals surface area contributed by atoms with Crippen molar-refractivity contribution in [2.45, 2.75) is 68.2 Å². The molecule has 0 nitrogen and oxygen atoms in total. The molecule has 0 aromatic carbocycles. The molecule has 0 N–H and O–H groups in total. The molecule has 0 rings (SSSR count). The van der Waals surface area contributed by atoms with Crippen LogP contribution >= 0.6 is 0 Å². The van der Waals surface area contributed by atoms with Gasteiger partial charge in [0.1, 0.15) is 0 Å². The van der Waals surface area contributed by atoms with Gasteiger partial charge in [0.05, 0.1) is 0 Å². The van der Waals surface area contributed by atoms with Crippen molar-refractivity contribution in [3.05, 3.63) is 13.2 Å². The van der Waals surface area contributed by atoms with Crippen LogP contribution in [0, 0.1) is 12.8 Å². The highest BCUT2D eigenvalue weighted by Gasteiger charge is 1.56. The van der Waals surface area contributed by atoms with Gasteiger partial charge in [-0.25, -0.2) is 0 Å². The molecule has 0 aliphatic carbocycles. The van der Waals surface area contributed by atoms with Gasteiger partial charge >= 0.3 is 0 Å². The predicted octanol–water partition coefficient (Wildman–Crippen LogP) is 5.94. The van der Waals surface area contributed by atoms with Gasteiger partial charge in [0.25, 0.3) is 0 Å². The van der Waals surface area contributed by atoms with E-state index in [1.165, 1.54) is 19.3 Å². The summed E-state index contributed by atoms with van der Waals surface area (Å²) in [5.74, 6) is 0. The van der Waals surface area contributed by atoms with Gasteiger partial charge in [-0.3, -0.25) is 0 Å². The fraction of sp³-hybridized carbons (Fsp3) is 0.714. The summed E-state index contributed by atoms with van der Waals surface area (Å²) >= 11 is 0. The van der Waals surface area contributed by atoms with Crippen LogP contribution in [0.5, 0.6) is 0 Å². The first kappa shape index (κ1) is 37.8. The summed E-state index contributed by atoms with van der Waals surface area (Å²) in [5, 5.41) is 0. The van der Waals surface area contributed by atoms with Crippen molar-refractivity contribution in [1.82, 2.24) is 0 Å². The van der Waals surface area contributed by atoms with Gasteiger partial charge < -0.3 is 0 Å². The van der Waals surface area contributed by atoms with E-state index in [2.05, 4.69) is 53.7 Å². The second kappa shape index (κ2) is 297. The second-order valence-electron chi connectivity index (χ2n) is 1.71. The Labute approximate surface area is 94.8 Å². The zero-order valence-corrected chi connectivity index (χ0v) is 10.7. The van der Waals surface area contributed by atoms with Crippen molar-refractivity contribution in [1.29, 1.82) is 0 Å². The molecule has 0 radical (unpaired) electrons. The van der Waals surface area contributed by atoms with Crippen LogP contribution in [0.3, 0.4) is 0 Å². The van der Waals surface area contributed by atoms with E-state index in [0.717, 1.165) is 0 Å². The van der Waals surface area contributed by atoms with Gasteiger partial charge in [0, 0.05) is 0 Å². The Bertz CT molecular complexity index is 32.5. The lowest BCUT2D eigenvalue weighted by molar-refractivity contribution is 0.886. The van der Waals surface area contributed by atoms with E-state index in [9.17, 15) is 0 Å². The topological polar surface area (TPSA) is 0 Å². The standard InChI is InChI=1S/C4H10.C3H8.C2H6.C2H4.C2H2.CH4/c1-3-4-2;1-3-2;3*1-2;/h3-4H2,1-2H3;3H2,1-2H3;1-2H3;1-2H2;1-2H;1H4. The molecule has 0 heterocycles. The fourth-order valence-electron chi connectivity index (χ4n) is 0. The molecule has 0 saturated heterocycles. The van der Waals surface area contributed by atoms with Crippen LogP contribution in [0.15, 0.2) is 13.2 Å². The average Bonchev–Trinajstić information content (AvgIpc) is 2.27. The molecule has 14 heavy (non-hydrogen) atoms. The van der Waals surface area contributed by atoms with Crippen LogP contribution in [0.1, 0.15) is 68.2 Å². The molecule has 0 aliphatic heterocycles. The van der Waals surface area contributed by atoms with Crippen molar-refractivity contribution in [3.63, 3.8) is 0 Å². The van der Waals surface area contributed by atoms with Gasteiger partial charge in [0.15, 0.2) is 0 Å². The van der Waals surface area contributed by atoms with Crippen molar-refractivity contribution >= 4 is 0 Å². The lowest BCUT2D eigenvalue weighted by Crippen LogP contribution is -1.47. The predicted molar refractivity (Wildman–Crippen MR) is 75.8 cm³/mol. The number of terminal acetylenes is 1. The number of rotatable bonds is 1. The largest absolute Gasteiger partial charge is 0.124 e. The van der Waals surface area contributed by atoms with Crippen LogP contribution in [-0.4, -0.2) is 0 Å². The minimum atomic E-state index is 0. The minimum absolute atomic E-state index is 0. The van der Waals surface area contributed by atoms with Crippen molar-refractivity contribution < 1.29 is 0 Å². The summed E-state index contributed by atoms with van der Waals surface area (Å²) in [4.78, 5) is 0. The molecule has 0 heteroatoms. The summed E-state index contributed by atoms with van der Waals surface area (Å²) in [5.41, 5.74) is 0. The highest BCUT2D eigenvalue weighted by molar-refractivity contribution is 4.47. The number of hydrogen-bond acceptors (Lipinski definition) is 0. The number of unbranched alkanes of at least 4 members (excludes halogenated alkanes) is 1. The third kappa shape index (κ3) is 13300. The van der Waals surface area contributed by atoms with Gasteiger partial charge in [-0.05, 0) is 0 Å². The van der Waals surface area contributed by atoms with Crippen LogP contribution in [0.25, 0.3) is 0 Å². The molecule has 0 bridgehead atoms. The Morgan fingerprint density at radius 2 is 0.857 bits per heavy atom. The van der Waals surface area contributed by atoms with Gasteiger partial charge in [-0.15, -0.1) is 26.0 Å². The maximum Gasteiger partial charge on any atom is -0.0564 e. The van der Waals surface area contributed by atoms with Crippen molar-refractivity contribution in [2.24, 2.45) is 0 Å². The molecule has 0 amide bonds. The molecule has 0 saturated carbocycles. The minimum Gasteiger partial charge on any atom is -0.124 e. The van der Waals surface area contributed by atoms with E-state index in [1.807, 2.05) is 13.8 Å². The summed E-state index contributed by atoms with van der Waals surface area (Å²) in [6.07, 6.45) is 11.9. The van der Waals surface area contributed by atoms with E-state index >= 15 is 0 Å². The smallest absolute Gasteiger partial charge is 0.0564 e. The highest BCUT2D eigenvalue weighted by Crippen LogP contribution is 1.76. The normalized spacial score (nSPS) is 4.29. The van der Waals surface area contributed by atoms with Crippen LogP contribution in [0.2, 0.25) is 0 Å². The summed E-state index contributed by atoms with van der Waals surface area (Å²) in [7, 11) is 0. The quantitative estimate of drug-likeness (QED) is 0.365. The average molecular weight is 202 g/mol. The summed E-state index contributed by atoms with van der Waals surface area (Å²) < 4.78 is 0. The molecule has 0 aromatic heterocycles. The lowest BCUT2D eigenvalue weighted by atomic mass is 10.4. The van der Waals surface area contributed by atoms with E-state index in [4.69, 9.17) is 0 Å². The van der Waals surface area contributed by atoms with Crippen LogP contribution < -0.4 is 0 Å². The zero-order chi connectivity index (χ0) is 12.1. The maximum atomic E-state index is 4.00. The Balaban J connectivity index is -0.0000000146. The number of hydrogen-bond donors (Lipinski definition) is 0. The summed E-state index contributed by atoms with van der Waals surface area (Å²) in [6.45, 7) is 18.6. The van der Waals surface area contributed by atoms with Crippen LogP contribution in [-0.2, 0) is 0 Å². The third-order valence-corrected chi connectivity index (χ3v) is 0.500. The SMILES string of the molecule is C.C#C.C=C.CC.CCC.CCCC. The highest BCUT2D eigenvalue weighted by atomic mass is 13.6. The van der Waals surface area contributed by atoms with Crippen molar-refractivity contribution in [2.75, 3.05) is 0 Å². The lowest BCUT2D eigenvalue weighted by Gasteiger charge is -1.68. The molecule has 0 fully saturated rings. The first-order chi connectivity index (χ1) is 6.33. The molecule has 0 aromatic rings. The monoisotopic (exact) mass is 202 g/mol. The third-order valence-electron chi connectivity index (χ3n) is 0.500. The van der Waals surface area contributed by atoms with E-state index < -0.39 is 0 Å². The molecule has 0 spiro atoms. The van der Waals surface area contributed by atoms with Crippen molar-refractivity contribution in [3.8, 4) is 12.8 Å². The van der Waals surface area contributed by atoms with E-state index in [1.54, 1.807) is 0 Å². The van der Waals surface area contributed by atoms with Crippen LogP contribution in [0.4, 0.5) is 0 Å². The van der Waals surface area contributed by atoms with E-state index in [0.29, 0.717) is 0 Å². The van der Waals surface area contributed by atoms with Gasteiger partial charge in [-0.2, -0.15) is 0 Å². The first-order valence-electron chi connectivity index (χ1n) is 5.16. The molecule has 0 unspecified atom stereocenters. The Hall–Kier alpha value is -0.700. The van der Waals surface area contributed by atoms with E-state index in [-0.39, 0.29) is 7.43 Å². The fourth-order valence-corrected chi connectivity index (χ4v) is 0. The molecule has 0 aliphatic rings.